The van der Waals surface area contributed by atoms with Crippen molar-refractivity contribution in [3.8, 4) is 0 Å². The van der Waals surface area contributed by atoms with Crippen molar-refractivity contribution >= 4 is 21.8 Å². The minimum atomic E-state index is -0.0604. The Labute approximate surface area is 117 Å². The summed E-state index contributed by atoms with van der Waals surface area (Å²) in [6.07, 6.45) is 2.20. The quantitative estimate of drug-likeness (QED) is 0.784. The van der Waals surface area contributed by atoms with Gasteiger partial charge in [0.25, 0.3) is 5.91 Å². The van der Waals surface area contributed by atoms with Crippen LogP contribution in [-0.4, -0.2) is 25.7 Å². The molecule has 0 unspecified atom stereocenters. The van der Waals surface area contributed by atoms with Crippen molar-refractivity contribution in [2.75, 3.05) is 19.8 Å². The summed E-state index contributed by atoms with van der Waals surface area (Å²) < 4.78 is 6.33. The molecule has 1 aromatic carbocycles. The lowest BCUT2D eigenvalue weighted by Crippen LogP contribution is -2.27. The third-order valence-corrected chi connectivity index (χ3v) is 3.46. The third kappa shape index (κ3) is 5.19. The lowest BCUT2D eigenvalue weighted by molar-refractivity contribution is 0.0912. The van der Waals surface area contributed by atoms with Crippen LogP contribution in [0.25, 0.3) is 0 Å². The number of ether oxygens (including phenoxy) is 1. The number of hydrogen-bond acceptors (Lipinski definition) is 2. The van der Waals surface area contributed by atoms with Crippen LogP contribution in [0.4, 0.5) is 0 Å². The van der Waals surface area contributed by atoms with Crippen LogP contribution in [0.2, 0.25) is 0 Å². The summed E-state index contributed by atoms with van der Waals surface area (Å²) in [7, 11) is 0. The molecule has 0 fully saturated rings. The van der Waals surface area contributed by atoms with Crippen LogP contribution in [0.1, 0.15) is 35.7 Å². The van der Waals surface area contributed by atoms with Gasteiger partial charge in [0.05, 0.1) is 6.61 Å². The molecule has 0 aromatic heterocycles. The minimum absolute atomic E-state index is 0.0604. The van der Waals surface area contributed by atoms with E-state index in [1.54, 1.807) is 0 Å². The molecule has 1 amide bonds. The summed E-state index contributed by atoms with van der Waals surface area (Å²) in [5.41, 5.74) is 1.79. The van der Waals surface area contributed by atoms with E-state index < -0.39 is 0 Å². The highest BCUT2D eigenvalue weighted by Crippen LogP contribution is 2.17. The Bertz CT molecular complexity index is 393. The third-order valence-electron chi connectivity index (χ3n) is 2.61. The summed E-state index contributed by atoms with van der Waals surface area (Å²) in [5, 5.41) is 2.84. The van der Waals surface area contributed by atoms with Crippen molar-refractivity contribution in [3.05, 3.63) is 33.8 Å². The summed E-state index contributed by atoms with van der Waals surface area (Å²) in [5.74, 6) is -0.0604. The zero-order chi connectivity index (χ0) is 13.4. The van der Waals surface area contributed by atoms with Crippen LogP contribution >= 0.6 is 15.9 Å². The number of rotatable bonds is 7. The van der Waals surface area contributed by atoms with Gasteiger partial charge in [-0.15, -0.1) is 0 Å². The number of benzene rings is 1. The van der Waals surface area contributed by atoms with Crippen LogP contribution in [0.3, 0.4) is 0 Å². The summed E-state index contributed by atoms with van der Waals surface area (Å²) in [6.45, 7) is 6.00. The van der Waals surface area contributed by atoms with Gasteiger partial charge < -0.3 is 10.1 Å². The van der Waals surface area contributed by atoms with Gasteiger partial charge in [-0.2, -0.15) is 0 Å². The van der Waals surface area contributed by atoms with Crippen molar-refractivity contribution in [2.24, 2.45) is 0 Å². The highest BCUT2D eigenvalue weighted by molar-refractivity contribution is 9.10. The van der Waals surface area contributed by atoms with E-state index in [-0.39, 0.29) is 5.91 Å². The van der Waals surface area contributed by atoms with Gasteiger partial charge in [-0.25, -0.2) is 0 Å². The lowest BCUT2D eigenvalue weighted by atomic mass is 10.1. The Morgan fingerprint density at radius 2 is 2.17 bits per heavy atom. The molecule has 1 N–H and O–H groups in total. The Morgan fingerprint density at radius 1 is 1.39 bits per heavy atom. The maximum Gasteiger partial charge on any atom is 0.251 e. The lowest BCUT2D eigenvalue weighted by Gasteiger charge is -2.07. The Kier molecular flexibility index (Phi) is 6.98. The number of carbonyl (C=O) groups is 1. The van der Waals surface area contributed by atoms with E-state index in [0.717, 1.165) is 29.5 Å². The molecular formula is C14H20BrNO2. The van der Waals surface area contributed by atoms with Crippen LogP contribution in [0.15, 0.2) is 22.7 Å². The highest BCUT2D eigenvalue weighted by atomic mass is 79.9. The van der Waals surface area contributed by atoms with E-state index in [1.165, 1.54) is 0 Å². The highest BCUT2D eigenvalue weighted by Gasteiger charge is 2.06. The maximum atomic E-state index is 11.8. The topological polar surface area (TPSA) is 38.3 Å². The van der Waals surface area contributed by atoms with Crippen molar-refractivity contribution in [3.63, 3.8) is 0 Å². The number of halogens is 1. The smallest absolute Gasteiger partial charge is 0.251 e. The van der Waals surface area contributed by atoms with Gasteiger partial charge in [-0.1, -0.05) is 35.3 Å². The molecule has 3 nitrogen and oxygen atoms in total. The van der Waals surface area contributed by atoms with Gasteiger partial charge in [-0.3, -0.25) is 4.79 Å². The zero-order valence-electron chi connectivity index (χ0n) is 11.0. The molecule has 0 heterocycles. The molecule has 0 bridgehead atoms. The molecule has 0 aliphatic rings. The number of nitrogens with one attached hydrogen (secondary N) is 1. The van der Waals surface area contributed by atoms with E-state index >= 15 is 0 Å². The first-order chi connectivity index (χ1) is 8.65. The first-order valence-electron chi connectivity index (χ1n) is 6.27. The molecule has 100 valence electrons. The van der Waals surface area contributed by atoms with Crippen molar-refractivity contribution in [1.82, 2.24) is 5.32 Å². The number of hydrogen-bond donors (Lipinski definition) is 1. The standard InChI is InChI=1S/C14H20BrNO2/c1-3-4-8-18-9-7-16-14(17)12-6-5-11(2)13(15)10-12/h5-6,10H,3-4,7-9H2,1-2H3,(H,16,17). The fourth-order valence-electron chi connectivity index (χ4n) is 1.42. The Hall–Kier alpha value is -0.870. The van der Waals surface area contributed by atoms with E-state index in [1.807, 2.05) is 25.1 Å². The molecule has 0 saturated heterocycles. The first-order valence-corrected chi connectivity index (χ1v) is 7.06. The predicted octanol–water partition coefficient (Wildman–Crippen LogP) is 3.30. The molecule has 0 atom stereocenters. The van der Waals surface area contributed by atoms with Gasteiger partial charge in [0.15, 0.2) is 0 Å². The van der Waals surface area contributed by atoms with Crippen LogP contribution in [0.5, 0.6) is 0 Å². The number of amides is 1. The Morgan fingerprint density at radius 3 is 2.83 bits per heavy atom. The van der Waals surface area contributed by atoms with Gasteiger partial charge in [0.2, 0.25) is 0 Å². The molecule has 18 heavy (non-hydrogen) atoms. The molecule has 0 aliphatic carbocycles. The van der Waals surface area contributed by atoms with E-state index in [0.29, 0.717) is 18.7 Å². The Balaban J connectivity index is 2.30. The number of carbonyl (C=O) groups excluding carboxylic acids is 1. The fourth-order valence-corrected chi connectivity index (χ4v) is 1.80. The van der Waals surface area contributed by atoms with Crippen molar-refractivity contribution in [1.29, 1.82) is 0 Å². The monoisotopic (exact) mass is 313 g/mol. The number of unbranched alkanes of at least 4 members (excludes halogenated alkanes) is 1. The second-order valence-corrected chi connectivity index (χ2v) is 5.04. The minimum Gasteiger partial charge on any atom is -0.380 e. The first kappa shape index (κ1) is 15.2. The summed E-state index contributed by atoms with van der Waals surface area (Å²) >= 11 is 3.42. The van der Waals surface area contributed by atoms with Crippen molar-refractivity contribution < 1.29 is 9.53 Å². The van der Waals surface area contributed by atoms with Gasteiger partial charge >= 0.3 is 0 Å². The van der Waals surface area contributed by atoms with E-state index in [4.69, 9.17) is 4.74 Å². The zero-order valence-corrected chi connectivity index (χ0v) is 12.5. The molecule has 0 aliphatic heterocycles. The molecule has 0 radical (unpaired) electrons. The fraction of sp³-hybridized carbons (Fsp3) is 0.500. The summed E-state index contributed by atoms with van der Waals surface area (Å²) in [4.78, 5) is 11.8. The molecule has 4 heteroatoms. The second kappa shape index (κ2) is 8.27. The van der Waals surface area contributed by atoms with Crippen molar-refractivity contribution in [2.45, 2.75) is 26.7 Å². The molecule has 1 rings (SSSR count). The van der Waals surface area contributed by atoms with Crippen LogP contribution in [-0.2, 0) is 4.74 Å². The van der Waals surface area contributed by atoms with Crippen LogP contribution < -0.4 is 5.32 Å². The van der Waals surface area contributed by atoms with E-state index in [2.05, 4.69) is 28.2 Å². The molecule has 0 spiro atoms. The maximum absolute atomic E-state index is 11.8. The molecule has 1 aromatic rings. The SMILES string of the molecule is CCCCOCCNC(=O)c1ccc(C)c(Br)c1. The average Bonchev–Trinajstić information content (AvgIpc) is 2.36. The second-order valence-electron chi connectivity index (χ2n) is 4.19. The van der Waals surface area contributed by atoms with Crippen LogP contribution in [0, 0.1) is 6.92 Å². The summed E-state index contributed by atoms with van der Waals surface area (Å²) in [6, 6.07) is 5.59. The average molecular weight is 314 g/mol. The van der Waals surface area contributed by atoms with Gasteiger partial charge in [-0.05, 0) is 31.0 Å². The van der Waals surface area contributed by atoms with Gasteiger partial charge in [0, 0.05) is 23.2 Å². The van der Waals surface area contributed by atoms with Gasteiger partial charge in [0.1, 0.15) is 0 Å². The predicted molar refractivity (Wildman–Crippen MR) is 76.9 cm³/mol. The largest absolute Gasteiger partial charge is 0.380 e. The molecule has 0 saturated carbocycles. The number of aryl methyl sites for hydroxylation is 1. The van der Waals surface area contributed by atoms with E-state index in [9.17, 15) is 4.79 Å². The normalized spacial score (nSPS) is 10.4. The molecular weight excluding hydrogens is 294 g/mol.